The Bertz CT molecular complexity index is 1750. The molecule has 13 unspecified atom stereocenters. The standard InChI is InChI=1S/C69H114BNO/c1-69(2,3)43-44-37-62-67-64(38-44)72-63-36-32-52(45-17-8-4-9-18-45)41-60(63)70(67)59-42-53(55-33-29-51-28-27-49-25-16-26-50-30-34-56(55)66(51)65(49)50)31-35-61(59)71(62)68-57(47-21-12-6-13-22-47)39-54(46-19-10-5-11-20-46)40-58(68)48-23-14-7-15-24-48/h44-68H,4-43H2,1-3H3/t44?,49?,50-,51+,52?,53-,54?,55?,56?,57-,58?,59?,60+,61+,62?,63?,64?,65-,66?,67-,68?/m0/s1. The fraction of sp³-hybridized carbons (Fsp3) is 1.00. The van der Waals surface area contributed by atoms with E-state index in [1.54, 1.807) is 186 Å². The third-order valence-corrected chi connectivity index (χ3v) is 28.3. The highest BCUT2D eigenvalue weighted by molar-refractivity contribution is 6.65. The van der Waals surface area contributed by atoms with E-state index in [4.69, 9.17) is 4.74 Å². The second-order valence-electron chi connectivity index (χ2n) is 32.6. The first kappa shape index (κ1) is 50.2. The normalized spacial score (nSPS) is 50.0. The molecule has 0 aromatic rings. The molecule has 21 atom stereocenters. The lowest BCUT2D eigenvalue weighted by molar-refractivity contribution is -0.146. The molecule has 404 valence electrons. The molecule has 0 N–H and O–H groups in total. The molecular weight excluding hydrogens is 870 g/mol. The zero-order valence-electron chi connectivity index (χ0n) is 47.7. The lowest BCUT2D eigenvalue weighted by atomic mass is 9.18. The Hall–Kier alpha value is -0.0151. The van der Waals surface area contributed by atoms with Crippen molar-refractivity contribution in [1.29, 1.82) is 0 Å². The molecule has 2 heterocycles. The van der Waals surface area contributed by atoms with E-state index in [0.717, 1.165) is 143 Å². The van der Waals surface area contributed by atoms with E-state index < -0.39 is 0 Å². The minimum absolute atomic E-state index is 0.397. The summed E-state index contributed by atoms with van der Waals surface area (Å²) in [5, 5.41) is 0. The quantitative estimate of drug-likeness (QED) is 0.236. The van der Waals surface area contributed by atoms with Crippen LogP contribution in [0.25, 0.3) is 0 Å². The minimum Gasteiger partial charge on any atom is -0.376 e. The van der Waals surface area contributed by atoms with Crippen LogP contribution in [0.3, 0.4) is 0 Å². The molecule has 72 heavy (non-hydrogen) atoms. The van der Waals surface area contributed by atoms with Gasteiger partial charge in [0.2, 0.25) is 0 Å². The van der Waals surface area contributed by atoms with Gasteiger partial charge in [-0.15, -0.1) is 0 Å². The summed E-state index contributed by atoms with van der Waals surface area (Å²) in [5.41, 5.74) is 0.397. The van der Waals surface area contributed by atoms with Crippen LogP contribution < -0.4 is 0 Å². The summed E-state index contributed by atoms with van der Waals surface area (Å²) in [4.78, 5) is 3.76. The summed E-state index contributed by atoms with van der Waals surface area (Å²) in [7, 11) is 0. The number of hydrogen-bond acceptors (Lipinski definition) is 2. The Morgan fingerprint density at radius 2 is 0.875 bits per heavy atom. The van der Waals surface area contributed by atoms with Crippen molar-refractivity contribution in [2.24, 2.45) is 106 Å². The number of fused-ring (bicyclic) bond motifs is 4. The maximum atomic E-state index is 8.07. The van der Waals surface area contributed by atoms with E-state index in [2.05, 4.69) is 25.7 Å². The Labute approximate surface area is 445 Å². The molecule has 14 aliphatic rings. The Morgan fingerprint density at radius 3 is 1.50 bits per heavy atom. The van der Waals surface area contributed by atoms with E-state index in [9.17, 15) is 0 Å². The lowest BCUT2D eigenvalue weighted by Gasteiger charge is -2.69. The highest BCUT2D eigenvalue weighted by Gasteiger charge is 2.67. The molecular formula is C69H114BNO. The van der Waals surface area contributed by atoms with Gasteiger partial charge in [0.05, 0.1) is 12.2 Å². The van der Waals surface area contributed by atoms with E-state index in [-0.39, 0.29) is 0 Å². The topological polar surface area (TPSA) is 12.5 Å². The minimum atomic E-state index is 0.397. The Morgan fingerprint density at radius 1 is 0.361 bits per heavy atom. The molecule has 2 saturated heterocycles. The van der Waals surface area contributed by atoms with Crippen molar-refractivity contribution in [3.8, 4) is 0 Å². The van der Waals surface area contributed by atoms with Crippen molar-refractivity contribution in [1.82, 2.24) is 4.90 Å². The average Bonchev–Trinajstić information content (AvgIpc) is 3.42. The Kier molecular flexibility index (Phi) is 14.8. The van der Waals surface area contributed by atoms with Crippen LogP contribution in [0.15, 0.2) is 0 Å². The van der Waals surface area contributed by atoms with E-state index in [0.29, 0.717) is 17.6 Å². The van der Waals surface area contributed by atoms with Crippen LogP contribution in [0.1, 0.15) is 278 Å². The molecule has 12 saturated carbocycles. The van der Waals surface area contributed by atoms with Crippen LogP contribution in [-0.4, -0.2) is 41.9 Å². The van der Waals surface area contributed by atoms with Crippen molar-refractivity contribution in [3.05, 3.63) is 0 Å². The molecule has 0 aromatic heterocycles. The first-order chi connectivity index (χ1) is 35.3. The Balaban J connectivity index is 0.872. The van der Waals surface area contributed by atoms with Gasteiger partial charge in [0, 0.05) is 18.1 Å². The smallest absolute Gasteiger partial charge is 0.159 e. The summed E-state index contributed by atoms with van der Waals surface area (Å²) in [6, 6.07) is 2.53. The monoisotopic (exact) mass is 984 g/mol. The molecule has 0 radical (unpaired) electrons. The predicted molar refractivity (Wildman–Crippen MR) is 302 cm³/mol. The fourth-order valence-corrected chi connectivity index (χ4v) is 26.2. The predicted octanol–water partition coefficient (Wildman–Crippen LogP) is 19.1. The van der Waals surface area contributed by atoms with Crippen molar-refractivity contribution >= 4 is 6.71 Å². The van der Waals surface area contributed by atoms with Gasteiger partial charge in [-0.25, -0.2) is 0 Å². The maximum absolute atomic E-state index is 8.07. The molecule has 2 nitrogen and oxygen atoms in total. The lowest BCUT2D eigenvalue weighted by Crippen LogP contribution is -2.73. The van der Waals surface area contributed by atoms with Gasteiger partial charge in [-0.2, -0.15) is 0 Å². The number of ether oxygens (including phenoxy) is 1. The number of nitrogens with zero attached hydrogens (tertiary/aromatic N) is 1. The largest absolute Gasteiger partial charge is 0.376 e. The van der Waals surface area contributed by atoms with Crippen LogP contribution in [0.4, 0.5) is 0 Å². The summed E-state index contributed by atoms with van der Waals surface area (Å²) in [6.45, 7) is 8.77. The van der Waals surface area contributed by atoms with Gasteiger partial charge in [0.25, 0.3) is 0 Å². The molecule has 2 aliphatic heterocycles. The van der Waals surface area contributed by atoms with E-state index >= 15 is 0 Å². The van der Waals surface area contributed by atoms with Gasteiger partial charge >= 0.3 is 0 Å². The van der Waals surface area contributed by atoms with Gasteiger partial charge in [-0.1, -0.05) is 181 Å². The molecule has 0 aromatic carbocycles. The van der Waals surface area contributed by atoms with Gasteiger partial charge < -0.3 is 4.74 Å². The molecule has 0 bridgehead atoms. The zero-order chi connectivity index (χ0) is 48.1. The van der Waals surface area contributed by atoms with Crippen molar-refractivity contribution < 1.29 is 4.74 Å². The molecule has 14 rings (SSSR count). The van der Waals surface area contributed by atoms with Crippen molar-refractivity contribution in [2.45, 2.75) is 325 Å². The van der Waals surface area contributed by atoms with Gasteiger partial charge in [-0.3, -0.25) is 4.90 Å². The highest BCUT2D eigenvalue weighted by Crippen LogP contribution is 2.68. The summed E-state index contributed by atoms with van der Waals surface area (Å²) >= 11 is 0. The number of hydrogen-bond donors (Lipinski definition) is 0. The first-order valence-electron chi connectivity index (χ1n) is 34.7. The summed E-state index contributed by atoms with van der Waals surface area (Å²) in [5.74, 6) is 20.3. The van der Waals surface area contributed by atoms with Crippen LogP contribution >= 0.6 is 0 Å². The SMILES string of the molecule is CC(C)(C)CC1CC2OC3CCC(C4CCCCC4)C[C@H]3B3C4C[C@@H](C5CC[C@H]6CCC7CCC[C@H]8CCC5C6[C@@H]78)CC[C@H]4N(C4C(C5CCCCC5)CC(C5CCCCC5)C[C@H]4C4CCCCC4)C(C1)[C@H]32. The van der Waals surface area contributed by atoms with E-state index in [1.165, 1.54) is 70.6 Å². The third kappa shape index (κ3) is 9.42. The zero-order valence-corrected chi connectivity index (χ0v) is 47.7. The summed E-state index contributed by atoms with van der Waals surface area (Å²) < 4.78 is 8.07. The van der Waals surface area contributed by atoms with Gasteiger partial charge in [0.15, 0.2) is 6.71 Å². The van der Waals surface area contributed by atoms with Crippen molar-refractivity contribution in [2.75, 3.05) is 0 Å². The molecule has 3 heteroatoms. The van der Waals surface area contributed by atoms with Gasteiger partial charge in [-0.05, 0) is 220 Å². The molecule has 0 amide bonds. The third-order valence-electron chi connectivity index (χ3n) is 28.3. The molecule has 14 fully saturated rings. The summed E-state index contributed by atoms with van der Waals surface area (Å²) in [6.07, 6.45) is 63.6. The first-order valence-corrected chi connectivity index (χ1v) is 34.7. The number of rotatable bonds is 7. The molecule has 0 spiro atoms. The van der Waals surface area contributed by atoms with Crippen LogP contribution in [-0.2, 0) is 4.74 Å². The van der Waals surface area contributed by atoms with E-state index in [1.807, 2.05) is 0 Å². The van der Waals surface area contributed by atoms with Crippen LogP contribution in [0, 0.1) is 106 Å². The van der Waals surface area contributed by atoms with Gasteiger partial charge in [0.1, 0.15) is 0 Å². The van der Waals surface area contributed by atoms with Crippen LogP contribution in [0.5, 0.6) is 0 Å². The van der Waals surface area contributed by atoms with Crippen LogP contribution in [0.2, 0.25) is 17.5 Å². The fourth-order valence-electron chi connectivity index (χ4n) is 26.2. The molecule has 12 aliphatic carbocycles. The average molecular weight is 984 g/mol. The van der Waals surface area contributed by atoms with Crippen molar-refractivity contribution in [3.63, 3.8) is 0 Å². The maximum Gasteiger partial charge on any atom is 0.159 e. The highest BCUT2D eigenvalue weighted by atomic mass is 16.5. The second kappa shape index (κ2) is 21.2. The second-order valence-corrected chi connectivity index (χ2v) is 32.6.